The number of tetrazole rings is 1. The van der Waals surface area contributed by atoms with Gasteiger partial charge in [0.05, 0.1) is 0 Å². The van der Waals surface area contributed by atoms with Crippen molar-refractivity contribution in [2.75, 3.05) is 5.32 Å². The van der Waals surface area contributed by atoms with Gasteiger partial charge in [-0.3, -0.25) is 0 Å². The maximum Gasteiger partial charge on any atom is 0.205 e. The van der Waals surface area contributed by atoms with E-state index in [2.05, 4.69) is 63.2 Å². The fraction of sp³-hybridized carbons (Fsp3) is 0.292. The van der Waals surface area contributed by atoms with Crippen molar-refractivity contribution in [3.8, 4) is 22.5 Å². The molecule has 5 rings (SSSR count). The molecule has 0 aliphatic heterocycles. The molecule has 0 spiro atoms. The molecule has 4 aromatic rings. The molecule has 2 N–H and O–H groups in total. The van der Waals surface area contributed by atoms with Crippen LogP contribution >= 0.6 is 12.4 Å². The van der Waals surface area contributed by atoms with Gasteiger partial charge in [-0.25, -0.2) is 9.97 Å². The van der Waals surface area contributed by atoms with E-state index in [1.54, 1.807) is 0 Å². The third kappa shape index (κ3) is 4.48. The number of aromatic nitrogens is 6. The predicted octanol–water partition coefficient (Wildman–Crippen LogP) is 4.80. The first-order valence-corrected chi connectivity index (χ1v) is 10.9. The Balaban J connectivity index is 0.00000245. The van der Waals surface area contributed by atoms with E-state index in [9.17, 15) is 0 Å². The number of nitrogens with one attached hydrogen (secondary N) is 2. The second-order valence-electron chi connectivity index (χ2n) is 7.81. The van der Waals surface area contributed by atoms with E-state index >= 15 is 0 Å². The molecule has 2 aromatic heterocycles. The lowest BCUT2D eigenvalue weighted by Crippen LogP contribution is -2.14. The first-order valence-electron chi connectivity index (χ1n) is 10.9. The topological polar surface area (TPSA) is 92.3 Å². The van der Waals surface area contributed by atoms with Gasteiger partial charge in [0.2, 0.25) is 5.82 Å². The van der Waals surface area contributed by atoms with Gasteiger partial charge in [-0.2, -0.15) is 5.21 Å². The van der Waals surface area contributed by atoms with Crippen molar-refractivity contribution in [1.29, 1.82) is 0 Å². The van der Waals surface area contributed by atoms with E-state index in [-0.39, 0.29) is 12.4 Å². The van der Waals surface area contributed by atoms with Crippen LogP contribution in [-0.4, -0.2) is 30.6 Å². The van der Waals surface area contributed by atoms with E-state index in [0.29, 0.717) is 5.82 Å². The number of rotatable bonds is 6. The van der Waals surface area contributed by atoms with Crippen LogP contribution in [0.15, 0.2) is 48.5 Å². The molecule has 1 aliphatic rings. The quantitative estimate of drug-likeness (QED) is 0.441. The molecule has 0 saturated carbocycles. The average molecular weight is 448 g/mol. The summed E-state index contributed by atoms with van der Waals surface area (Å²) >= 11 is 0. The Bertz CT molecular complexity index is 1170. The van der Waals surface area contributed by atoms with Crippen molar-refractivity contribution in [2.45, 2.75) is 45.6 Å². The second kappa shape index (κ2) is 9.87. The maximum absolute atomic E-state index is 4.78. The van der Waals surface area contributed by atoms with Gasteiger partial charge in [0.25, 0.3) is 0 Å². The highest BCUT2D eigenvalue weighted by Gasteiger charge is 2.17. The second-order valence-corrected chi connectivity index (χ2v) is 7.81. The smallest absolute Gasteiger partial charge is 0.205 e. The summed E-state index contributed by atoms with van der Waals surface area (Å²) in [5.74, 6) is 2.53. The Hall–Kier alpha value is -3.32. The lowest BCUT2D eigenvalue weighted by Gasteiger charge is -2.19. The minimum absolute atomic E-state index is 0. The number of nitrogens with zero attached hydrogens (tertiary/aromatic N) is 5. The SMILES string of the molecule is CCc1nc2c(c(NCc3ccc(-c4ccccc4-c4nn[nH]n4)cc3)n1)CCCC2.Cl. The van der Waals surface area contributed by atoms with Gasteiger partial charge >= 0.3 is 0 Å². The molecule has 8 heteroatoms. The van der Waals surface area contributed by atoms with Crippen molar-refractivity contribution in [3.63, 3.8) is 0 Å². The van der Waals surface area contributed by atoms with Gasteiger partial charge in [-0.05, 0) is 47.6 Å². The summed E-state index contributed by atoms with van der Waals surface area (Å²) in [6, 6.07) is 16.7. The zero-order chi connectivity index (χ0) is 21.0. The highest BCUT2D eigenvalue weighted by atomic mass is 35.5. The third-order valence-electron chi connectivity index (χ3n) is 5.78. The van der Waals surface area contributed by atoms with Crippen LogP contribution in [0.25, 0.3) is 22.5 Å². The third-order valence-corrected chi connectivity index (χ3v) is 5.78. The Morgan fingerprint density at radius 2 is 1.72 bits per heavy atom. The normalized spacial score (nSPS) is 12.7. The Labute approximate surface area is 193 Å². The fourth-order valence-electron chi connectivity index (χ4n) is 4.14. The predicted molar refractivity (Wildman–Crippen MR) is 128 cm³/mol. The van der Waals surface area contributed by atoms with Crippen LogP contribution in [0.2, 0.25) is 0 Å². The molecule has 0 amide bonds. The van der Waals surface area contributed by atoms with Crippen LogP contribution in [0.1, 0.15) is 42.4 Å². The molecule has 32 heavy (non-hydrogen) atoms. The summed E-state index contributed by atoms with van der Waals surface area (Å²) in [6.07, 6.45) is 5.42. The largest absolute Gasteiger partial charge is 0.366 e. The van der Waals surface area contributed by atoms with Crippen LogP contribution in [0.4, 0.5) is 5.82 Å². The zero-order valence-corrected chi connectivity index (χ0v) is 18.8. The molecule has 2 heterocycles. The molecular weight excluding hydrogens is 422 g/mol. The highest BCUT2D eigenvalue weighted by Crippen LogP contribution is 2.30. The lowest BCUT2D eigenvalue weighted by molar-refractivity contribution is 0.656. The number of H-pyrrole nitrogens is 1. The van der Waals surface area contributed by atoms with Crippen molar-refractivity contribution in [3.05, 3.63) is 71.2 Å². The molecule has 0 radical (unpaired) electrons. The van der Waals surface area contributed by atoms with Crippen LogP contribution in [-0.2, 0) is 25.8 Å². The molecule has 0 bridgehead atoms. The van der Waals surface area contributed by atoms with E-state index < -0.39 is 0 Å². The van der Waals surface area contributed by atoms with Crippen molar-refractivity contribution >= 4 is 18.2 Å². The summed E-state index contributed by atoms with van der Waals surface area (Å²) in [5, 5.41) is 18.1. The molecule has 1 aliphatic carbocycles. The minimum Gasteiger partial charge on any atom is -0.366 e. The van der Waals surface area contributed by atoms with Crippen molar-refractivity contribution in [1.82, 2.24) is 30.6 Å². The van der Waals surface area contributed by atoms with Gasteiger partial charge in [-0.15, -0.1) is 22.6 Å². The molecule has 2 aromatic carbocycles. The first kappa shape index (κ1) is 21.9. The van der Waals surface area contributed by atoms with E-state index in [4.69, 9.17) is 9.97 Å². The molecule has 7 nitrogen and oxygen atoms in total. The fourth-order valence-corrected chi connectivity index (χ4v) is 4.14. The van der Waals surface area contributed by atoms with E-state index in [0.717, 1.165) is 54.1 Å². The van der Waals surface area contributed by atoms with Gasteiger partial charge < -0.3 is 5.32 Å². The maximum atomic E-state index is 4.78. The van der Waals surface area contributed by atoms with Crippen LogP contribution < -0.4 is 5.32 Å². The number of aromatic amines is 1. The minimum atomic E-state index is 0. The van der Waals surface area contributed by atoms with Gasteiger partial charge in [-0.1, -0.05) is 55.5 Å². The summed E-state index contributed by atoms with van der Waals surface area (Å²) in [6.45, 7) is 2.85. The van der Waals surface area contributed by atoms with Crippen LogP contribution in [0, 0.1) is 0 Å². The van der Waals surface area contributed by atoms with E-state index in [1.165, 1.54) is 29.7 Å². The van der Waals surface area contributed by atoms with Crippen molar-refractivity contribution in [2.24, 2.45) is 0 Å². The number of hydrogen-bond donors (Lipinski definition) is 2. The molecule has 164 valence electrons. The first-order chi connectivity index (χ1) is 15.3. The number of anilines is 1. The molecule has 0 atom stereocenters. The van der Waals surface area contributed by atoms with Crippen LogP contribution in [0.5, 0.6) is 0 Å². The number of fused-ring (bicyclic) bond motifs is 1. The standard InChI is InChI=1S/C24H25N7.ClH/c1-2-22-26-21-10-6-5-9-20(21)23(27-22)25-15-16-11-13-17(14-12-16)18-7-3-4-8-19(18)24-28-30-31-29-24;/h3-4,7-8,11-14H,2,5-6,9-10,15H2,1H3,(H,25,26,27)(H,28,29,30,31);1H. The number of benzene rings is 2. The highest BCUT2D eigenvalue weighted by molar-refractivity contribution is 5.85. The lowest BCUT2D eigenvalue weighted by atomic mass is 9.96. The zero-order valence-electron chi connectivity index (χ0n) is 18.0. The van der Waals surface area contributed by atoms with Gasteiger partial charge in [0.15, 0.2) is 0 Å². The van der Waals surface area contributed by atoms with Gasteiger partial charge in [0, 0.05) is 29.8 Å². The summed E-state index contributed by atoms with van der Waals surface area (Å²) in [7, 11) is 0. The number of aryl methyl sites for hydroxylation is 2. The van der Waals surface area contributed by atoms with Crippen molar-refractivity contribution < 1.29 is 0 Å². The molecule has 0 saturated heterocycles. The summed E-state index contributed by atoms with van der Waals surface area (Å²) < 4.78 is 0. The van der Waals surface area contributed by atoms with Crippen LogP contribution in [0.3, 0.4) is 0 Å². The van der Waals surface area contributed by atoms with E-state index in [1.807, 2.05) is 18.2 Å². The molecular formula is C24H26ClN7. The Kier molecular flexibility index (Phi) is 6.75. The number of halogens is 1. The molecule has 0 unspecified atom stereocenters. The Morgan fingerprint density at radius 1 is 0.938 bits per heavy atom. The average Bonchev–Trinajstić information content (AvgIpc) is 3.37. The monoisotopic (exact) mass is 447 g/mol. The summed E-state index contributed by atoms with van der Waals surface area (Å²) in [5.41, 5.74) is 6.91. The summed E-state index contributed by atoms with van der Waals surface area (Å²) in [4.78, 5) is 9.53. The molecule has 0 fully saturated rings. The number of hydrogen-bond acceptors (Lipinski definition) is 6. The van der Waals surface area contributed by atoms with Gasteiger partial charge in [0.1, 0.15) is 11.6 Å². The Morgan fingerprint density at radius 3 is 2.47 bits per heavy atom.